The van der Waals surface area contributed by atoms with E-state index in [0.717, 1.165) is 12.5 Å². The molecule has 6 heteroatoms. The number of benzene rings is 2. The summed E-state index contributed by atoms with van der Waals surface area (Å²) in [7, 11) is 1.68. The molecule has 134 valence electrons. The van der Waals surface area contributed by atoms with Crippen LogP contribution in [-0.2, 0) is 0 Å². The maximum absolute atomic E-state index is 13.9. The molecule has 0 saturated heterocycles. The molecular formula is C19H22F2IN3. The molecule has 2 aromatic carbocycles. The molecule has 0 aliphatic heterocycles. The van der Waals surface area contributed by atoms with Crippen LogP contribution in [0.3, 0.4) is 0 Å². The molecule has 1 aliphatic carbocycles. The summed E-state index contributed by atoms with van der Waals surface area (Å²) in [5, 5.41) is 6.53. The molecule has 3 rings (SSSR count). The minimum atomic E-state index is -0.574. The minimum Gasteiger partial charge on any atom is -0.353 e. The fourth-order valence-electron chi connectivity index (χ4n) is 2.91. The second kappa shape index (κ2) is 8.60. The van der Waals surface area contributed by atoms with Crippen molar-refractivity contribution in [3.05, 3.63) is 71.3 Å². The van der Waals surface area contributed by atoms with Gasteiger partial charge in [-0.2, -0.15) is 0 Å². The van der Waals surface area contributed by atoms with Crippen molar-refractivity contribution in [2.24, 2.45) is 4.99 Å². The van der Waals surface area contributed by atoms with Gasteiger partial charge in [-0.25, -0.2) is 8.78 Å². The Bertz CT molecular complexity index is 737. The van der Waals surface area contributed by atoms with E-state index in [-0.39, 0.29) is 30.0 Å². The van der Waals surface area contributed by atoms with Gasteiger partial charge in [0.05, 0.1) is 6.04 Å². The Kier molecular flexibility index (Phi) is 6.75. The van der Waals surface area contributed by atoms with Crippen LogP contribution in [0.25, 0.3) is 0 Å². The normalized spacial score (nSPS) is 20.4. The van der Waals surface area contributed by atoms with E-state index in [2.05, 4.69) is 27.8 Å². The molecule has 25 heavy (non-hydrogen) atoms. The first-order valence-electron chi connectivity index (χ1n) is 8.08. The van der Waals surface area contributed by atoms with Gasteiger partial charge in [0, 0.05) is 30.6 Å². The Morgan fingerprint density at radius 3 is 2.52 bits per heavy atom. The molecule has 3 nitrogen and oxygen atoms in total. The third kappa shape index (κ3) is 4.90. The van der Waals surface area contributed by atoms with Crippen LogP contribution in [0, 0.1) is 11.6 Å². The monoisotopic (exact) mass is 457 g/mol. The molecule has 2 N–H and O–H groups in total. The van der Waals surface area contributed by atoms with Crippen LogP contribution in [0.15, 0.2) is 53.5 Å². The lowest BCUT2D eigenvalue weighted by Crippen LogP contribution is -2.40. The molecule has 1 saturated carbocycles. The van der Waals surface area contributed by atoms with E-state index in [0.29, 0.717) is 23.5 Å². The van der Waals surface area contributed by atoms with Crippen LogP contribution in [0.5, 0.6) is 0 Å². The van der Waals surface area contributed by atoms with Crippen molar-refractivity contribution < 1.29 is 8.78 Å². The summed E-state index contributed by atoms with van der Waals surface area (Å²) >= 11 is 0. The maximum Gasteiger partial charge on any atom is 0.191 e. The summed E-state index contributed by atoms with van der Waals surface area (Å²) in [4.78, 5) is 4.21. The predicted octanol–water partition coefficient (Wildman–Crippen LogP) is 4.36. The molecule has 0 aromatic heterocycles. The van der Waals surface area contributed by atoms with Gasteiger partial charge < -0.3 is 10.6 Å². The van der Waals surface area contributed by atoms with Crippen LogP contribution < -0.4 is 10.6 Å². The molecule has 3 unspecified atom stereocenters. The summed E-state index contributed by atoms with van der Waals surface area (Å²) in [5.41, 5.74) is 1.72. The largest absolute Gasteiger partial charge is 0.353 e. The third-order valence-corrected chi connectivity index (χ3v) is 4.35. The van der Waals surface area contributed by atoms with E-state index in [1.54, 1.807) is 7.05 Å². The number of rotatable bonds is 4. The van der Waals surface area contributed by atoms with Gasteiger partial charge in [0.2, 0.25) is 0 Å². The van der Waals surface area contributed by atoms with Gasteiger partial charge in [0.15, 0.2) is 5.96 Å². The summed E-state index contributed by atoms with van der Waals surface area (Å²) in [6.45, 7) is 1.82. The smallest absolute Gasteiger partial charge is 0.191 e. The van der Waals surface area contributed by atoms with E-state index in [1.165, 1.54) is 17.7 Å². The van der Waals surface area contributed by atoms with E-state index in [4.69, 9.17) is 0 Å². The summed E-state index contributed by atoms with van der Waals surface area (Å²) < 4.78 is 26.9. The number of nitrogens with one attached hydrogen (secondary N) is 2. The maximum atomic E-state index is 13.9. The highest BCUT2D eigenvalue weighted by Crippen LogP contribution is 2.40. The van der Waals surface area contributed by atoms with E-state index in [1.807, 2.05) is 25.1 Å². The van der Waals surface area contributed by atoms with Crippen molar-refractivity contribution in [3.8, 4) is 0 Å². The van der Waals surface area contributed by atoms with Crippen LogP contribution in [-0.4, -0.2) is 19.0 Å². The molecule has 0 heterocycles. The average molecular weight is 457 g/mol. The number of guanidine groups is 1. The van der Waals surface area contributed by atoms with E-state index >= 15 is 0 Å². The Morgan fingerprint density at radius 2 is 1.88 bits per heavy atom. The number of aliphatic imine (C=N–C) groups is 1. The molecule has 0 bridgehead atoms. The number of hydrogen-bond donors (Lipinski definition) is 2. The molecule has 0 spiro atoms. The number of halogens is 3. The lowest BCUT2D eigenvalue weighted by molar-refractivity contribution is 0.550. The fraction of sp³-hybridized carbons (Fsp3) is 0.316. The first kappa shape index (κ1) is 19.6. The standard InChI is InChI=1S/C19H21F2N3.HI/c1-12(15-9-8-14(20)10-17(15)21)23-19(22-2)24-18-11-16(18)13-6-4-3-5-7-13;/h3-10,12,16,18H,11H2,1-2H3,(H2,22,23,24);1H. The first-order chi connectivity index (χ1) is 11.6. The van der Waals surface area contributed by atoms with Crippen molar-refractivity contribution in [2.45, 2.75) is 31.3 Å². The zero-order valence-corrected chi connectivity index (χ0v) is 16.5. The zero-order chi connectivity index (χ0) is 17.1. The quantitative estimate of drug-likeness (QED) is 0.407. The van der Waals surface area contributed by atoms with Crippen molar-refractivity contribution in [3.63, 3.8) is 0 Å². The highest BCUT2D eigenvalue weighted by Gasteiger charge is 2.39. The van der Waals surface area contributed by atoms with E-state index < -0.39 is 11.6 Å². The lowest BCUT2D eigenvalue weighted by Gasteiger charge is -2.19. The SMILES string of the molecule is CN=C(NC(C)c1ccc(F)cc1F)NC1CC1c1ccccc1.I. The average Bonchev–Trinajstić information content (AvgIpc) is 3.34. The van der Waals surface area contributed by atoms with Crippen LogP contribution in [0.2, 0.25) is 0 Å². The molecular weight excluding hydrogens is 435 g/mol. The van der Waals surface area contributed by atoms with Crippen molar-refractivity contribution in [1.82, 2.24) is 10.6 Å². The Labute approximate surface area is 164 Å². The third-order valence-electron chi connectivity index (χ3n) is 4.35. The van der Waals surface area contributed by atoms with Gasteiger partial charge in [0.1, 0.15) is 11.6 Å². The second-order valence-electron chi connectivity index (χ2n) is 6.11. The van der Waals surface area contributed by atoms with Crippen molar-refractivity contribution in [1.29, 1.82) is 0 Å². The summed E-state index contributed by atoms with van der Waals surface area (Å²) in [5.74, 6) is -0.0362. The summed E-state index contributed by atoms with van der Waals surface area (Å²) in [6, 6.07) is 14.0. The minimum absolute atomic E-state index is 0. The Hall–Kier alpha value is -1.70. The topological polar surface area (TPSA) is 36.4 Å². The molecule has 1 fully saturated rings. The molecule has 3 atom stereocenters. The van der Waals surface area contributed by atoms with Crippen molar-refractivity contribution in [2.75, 3.05) is 7.05 Å². The van der Waals surface area contributed by atoms with Crippen LogP contribution in [0.1, 0.15) is 36.4 Å². The van der Waals surface area contributed by atoms with Gasteiger partial charge in [-0.3, -0.25) is 4.99 Å². The second-order valence-corrected chi connectivity index (χ2v) is 6.11. The van der Waals surface area contributed by atoms with Gasteiger partial charge in [0.25, 0.3) is 0 Å². The molecule has 0 amide bonds. The van der Waals surface area contributed by atoms with Gasteiger partial charge in [-0.1, -0.05) is 36.4 Å². The lowest BCUT2D eigenvalue weighted by atomic mass is 10.1. The first-order valence-corrected chi connectivity index (χ1v) is 8.08. The Morgan fingerprint density at radius 1 is 1.16 bits per heavy atom. The van der Waals surface area contributed by atoms with Gasteiger partial charge in [-0.05, 0) is 25.0 Å². The van der Waals surface area contributed by atoms with Gasteiger partial charge >= 0.3 is 0 Å². The number of hydrogen-bond acceptors (Lipinski definition) is 1. The fourth-order valence-corrected chi connectivity index (χ4v) is 2.91. The zero-order valence-electron chi connectivity index (χ0n) is 14.2. The molecule has 2 aromatic rings. The van der Waals surface area contributed by atoms with Crippen LogP contribution >= 0.6 is 24.0 Å². The van der Waals surface area contributed by atoms with Gasteiger partial charge in [-0.15, -0.1) is 24.0 Å². The summed E-state index contributed by atoms with van der Waals surface area (Å²) in [6.07, 6.45) is 1.05. The highest BCUT2D eigenvalue weighted by molar-refractivity contribution is 14.0. The van der Waals surface area contributed by atoms with Crippen LogP contribution in [0.4, 0.5) is 8.78 Å². The molecule has 1 aliphatic rings. The van der Waals surface area contributed by atoms with Crippen molar-refractivity contribution >= 4 is 29.9 Å². The Balaban J connectivity index is 0.00000225. The predicted molar refractivity (Wildman–Crippen MR) is 107 cm³/mol. The molecule has 0 radical (unpaired) electrons. The number of nitrogens with zero attached hydrogens (tertiary/aromatic N) is 1. The van der Waals surface area contributed by atoms with E-state index in [9.17, 15) is 8.78 Å². The highest BCUT2D eigenvalue weighted by atomic mass is 127.